The standard InChI is InChI=1S/C65H127NO8/c1-3-5-7-9-11-13-15-17-19-21-23-25-27-29-31-32-34-36-38-40-42-44-46-48-50-52-54-59(68)58(57-73-65-64(72)63(71)62(70)60(56-67)74-65)66-61(69)55-53-51-49-47-45-43-41-39-37-35-33-30-28-26-24-22-20-18-16-14-12-10-8-6-4-2/h22,24,58-60,62-65,67-68,70-72H,3-21,23,25-57H2,1-2H3,(H,66,69)/b24-22-. The lowest BCUT2D eigenvalue weighted by molar-refractivity contribution is -0.302. The number of rotatable bonds is 58. The zero-order valence-corrected chi connectivity index (χ0v) is 49.1. The van der Waals surface area contributed by atoms with E-state index in [0.29, 0.717) is 12.8 Å². The third-order valence-electron chi connectivity index (χ3n) is 16.1. The number of aliphatic hydroxyl groups is 5. The van der Waals surface area contributed by atoms with E-state index < -0.39 is 49.5 Å². The van der Waals surface area contributed by atoms with Crippen molar-refractivity contribution in [2.24, 2.45) is 0 Å². The van der Waals surface area contributed by atoms with Gasteiger partial charge in [-0.15, -0.1) is 0 Å². The van der Waals surface area contributed by atoms with Crippen molar-refractivity contribution in [1.82, 2.24) is 5.32 Å². The summed E-state index contributed by atoms with van der Waals surface area (Å²) in [5.74, 6) is -0.137. The van der Waals surface area contributed by atoms with Gasteiger partial charge in [-0.3, -0.25) is 4.79 Å². The Morgan fingerprint density at radius 1 is 0.446 bits per heavy atom. The van der Waals surface area contributed by atoms with Crippen LogP contribution in [-0.2, 0) is 14.3 Å². The second kappa shape index (κ2) is 55.3. The number of hydrogen-bond donors (Lipinski definition) is 6. The van der Waals surface area contributed by atoms with Crippen LogP contribution in [0.25, 0.3) is 0 Å². The molecular formula is C65H127NO8. The molecule has 7 unspecified atom stereocenters. The summed E-state index contributed by atoms with van der Waals surface area (Å²) in [4.78, 5) is 13.1. The van der Waals surface area contributed by atoms with Crippen LogP contribution >= 0.6 is 0 Å². The highest BCUT2D eigenvalue weighted by molar-refractivity contribution is 5.76. The van der Waals surface area contributed by atoms with Gasteiger partial charge in [0.05, 0.1) is 25.4 Å². The number of hydrogen-bond acceptors (Lipinski definition) is 8. The molecule has 6 N–H and O–H groups in total. The fourth-order valence-electron chi connectivity index (χ4n) is 10.9. The van der Waals surface area contributed by atoms with Gasteiger partial charge in [-0.25, -0.2) is 0 Å². The summed E-state index contributed by atoms with van der Waals surface area (Å²) in [6.07, 6.45) is 62.6. The van der Waals surface area contributed by atoms with Crippen molar-refractivity contribution in [3.63, 3.8) is 0 Å². The molecule has 0 aromatic carbocycles. The normalized spacial score (nSPS) is 18.9. The van der Waals surface area contributed by atoms with Crippen molar-refractivity contribution in [3.8, 4) is 0 Å². The maximum absolute atomic E-state index is 13.1. The summed E-state index contributed by atoms with van der Waals surface area (Å²) in [7, 11) is 0. The number of carbonyl (C=O) groups excluding carboxylic acids is 1. The van der Waals surface area contributed by atoms with Crippen LogP contribution in [0.15, 0.2) is 12.2 Å². The lowest BCUT2D eigenvalue weighted by atomic mass is 9.99. The molecule has 440 valence electrons. The predicted molar refractivity (Wildman–Crippen MR) is 314 cm³/mol. The smallest absolute Gasteiger partial charge is 0.220 e. The molecule has 9 nitrogen and oxygen atoms in total. The van der Waals surface area contributed by atoms with Crippen molar-refractivity contribution >= 4 is 5.91 Å². The molecule has 0 spiro atoms. The highest BCUT2D eigenvalue weighted by Gasteiger charge is 2.44. The van der Waals surface area contributed by atoms with E-state index in [1.54, 1.807) is 0 Å². The van der Waals surface area contributed by atoms with Crippen LogP contribution in [0.2, 0.25) is 0 Å². The average Bonchev–Trinajstić information content (AvgIpc) is 3.40. The van der Waals surface area contributed by atoms with Gasteiger partial charge in [0.1, 0.15) is 24.4 Å². The Balaban J connectivity index is 2.14. The predicted octanol–water partition coefficient (Wildman–Crippen LogP) is 17.1. The van der Waals surface area contributed by atoms with Gasteiger partial charge in [0, 0.05) is 6.42 Å². The number of unbranched alkanes of at least 4 members (excludes halogenated alkanes) is 46. The van der Waals surface area contributed by atoms with Crippen LogP contribution in [0.3, 0.4) is 0 Å². The van der Waals surface area contributed by atoms with Gasteiger partial charge in [0.15, 0.2) is 6.29 Å². The number of ether oxygens (including phenoxy) is 2. The molecule has 1 aliphatic rings. The molecule has 1 rings (SSSR count). The molecule has 0 saturated carbocycles. The first kappa shape index (κ1) is 70.9. The molecule has 1 heterocycles. The molecule has 1 aliphatic heterocycles. The maximum Gasteiger partial charge on any atom is 0.220 e. The van der Waals surface area contributed by atoms with Crippen molar-refractivity contribution < 1.29 is 39.8 Å². The van der Waals surface area contributed by atoms with Crippen LogP contribution in [0.4, 0.5) is 0 Å². The third kappa shape index (κ3) is 43.9. The number of nitrogens with one attached hydrogen (secondary N) is 1. The third-order valence-corrected chi connectivity index (χ3v) is 16.1. The van der Waals surface area contributed by atoms with Gasteiger partial charge in [0.25, 0.3) is 0 Å². The van der Waals surface area contributed by atoms with E-state index >= 15 is 0 Å². The SMILES string of the molecule is CCCCCCCCCC/C=C\CCCCCCCCCCCCCCCC(=O)NC(COC1OC(CO)C(O)C(O)C1O)C(O)CCCCCCCCCCCCCCCCCCCCCCCCCCCC. The van der Waals surface area contributed by atoms with Crippen LogP contribution in [0.5, 0.6) is 0 Å². The monoisotopic (exact) mass is 1050 g/mol. The molecule has 0 aliphatic carbocycles. The molecule has 74 heavy (non-hydrogen) atoms. The number of allylic oxidation sites excluding steroid dienone is 2. The van der Waals surface area contributed by atoms with Crippen LogP contribution in [0, 0.1) is 0 Å². The molecule has 1 fully saturated rings. The Bertz CT molecular complexity index is 1170. The lowest BCUT2D eigenvalue weighted by Crippen LogP contribution is -2.60. The molecule has 0 aromatic heterocycles. The summed E-state index contributed by atoms with van der Waals surface area (Å²) < 4.78 is 11.4. The van der Waals surface area contributed by atoms with Crippen LogP contribution in [0.1, 0.15) is 341 Å². The number of amides is 1. The first-order valence-corrected chi connectivity index (χ1v) is 32.9. The van der Waals surface area contributed by atoms with E-state index in [2.05, 4.69) is 31.3 Å². The Hall–Kier alpha value is -1.07. The first-order chi connectivity index (χ1) is 36.3. The van der Waals surface area contributed by atoms with Crippen molar-refractivity contribution in [2.75, 3.05) is 13.2 Å². The van der Waals surface area contributed by atoms with Gasteiger partial charge >= 0.3 is 0 Å². The average molecular weight is 1050 g/mol. The van der Waals surface area contributed by atoms with Crippen LogP contribution in [-0.4, -0.2) is 87.5 Å². The Labute approximate surface area is 458 Å². The van der Waals surface area contributed by atoms with E-state index in [4.69, 9.17) is 9.47 Å². The van der Waals surface area contributed by atoms with Crippen LogP contribution < -0.4 is 5.32 Å². The van der Waals surface area contributed by atoms with Crippen molar-refractivity contribution in [3.05, 3.63) is 12.2 Å². The zero-order valence-electron chi connectivity index (χ0n) is 49.1. The molecule has 0 radical (unpaired) electrons. The summed E-state index contributed by atoms with van der Waals surface area (Å²) in [6.45, 7) is 3.89. The lowest BCUT2D eigenvalue weighted by Gasteiger charge is -2.40. The maximum atomic E-state index is 13.1. The van der Waals surface area contributed by atoms with E-state index in [1.165, 1.54) is 276 Å². The quantitative estimate of drug-likeness (QED) is 0.0261. The fraction of sp³-hybridized carbons (Fsp3) is 0.954. The molecule has 9 heteroatoms. The minimum atomic E-state index is -1.55. The van der Waals surface area contributed by atoms with Gasteiger partial charge in [-0.1, -0.05) is 309 Å². The van der Waals surface area contributed by atoms with E-state index in [-0.39, 0.29) is 12.5 Å². The first-order valence-electron chi connectivity index (χ1n) is 32.9. The van der Waals surface area contributed by atoms with Gasteiger partial charge in [-0.05, 0) is 38.5 Å². The van der Waals surface area contributed by atoms with Gasteiger partial charge in [0.2, 0.25) is 5.91 Å². The van der Waals surface area contributed by atoms with E-state index in [0.717, 1.165) is 38.5 Å². The van der Waals surface area contributed by atoms with E-state index in [9.17, 15) is 30.3 Å². The molecule has 1 amide bonds. The Kier molecular flexibility index (Phi) is 53.0. The minimum Gasteiger partial charge on any atom is -0.394 e. The Morgan fingerprint density at radius 3 is 1.09 bits per heavy atom. The molecule has 1 saturated heterocycles. The number of carbonyl (C=O) groups is 1. The molecule has 0 aromatic rings. The summed E-state index contributed by atoms with van der Waals surface area (Å²) >= 11 is 0. The highest BCUT2D eigenvalue weighted by atomic mass is 16.7. The van der Waals surface area contributed by atoms with Gasteiger partial charge < -0.3 is 40.3 Å². The summed E-state index contributed by atoms with van der Waals surface area (Å²) in [6, 6.07) is -0.717. The number of aliphatic hydroxyl groups excluding tert-OH is 5. The zero-order chi connectivity index (χ0) is 53.6. The van der Waals surface area contributed by atoms with Crippen molar-refractivity contribution in [2.45, 2.75) is 384 Å². The second-order valence-corrected chi connectivity index (χ2v) is 23.3. The summed E-state index contributed by atoms with van der Waals surface area (Å²) in [5.41, 5.74) is 0. The van der Waals surface area contributed by atoms with Crippen molar-refractivity contribution in [1.29, 1.82) is 0 Å². The van der Waals surface area contributed by atoms with E-state index in [1.807, 2.05) is 0 Å². The topological polar surface area (TPSA) is 149 Å². The molecule has 0 bridgehead atoms. The van der Waals surface area contributed by atoms with Gasteiger partial charge in [-0.2, -0.15) is 0 Å². The largest absolute Gasteiger partial charge is 0.394 e. The molecular weight excluding hydrogens is 923 g/mol. The minimum absolute atomic E-state index is 0.133. The second-order valence-electron chi connectivity index (χ2n) is 23.3. The highest BCUT2D eigenvalue weighted by Crippen LogP contribution is 2.24. The fourth-order valence-corrected chi connectivity index (χ4v) is 10.9. The Morgan fingerprint density at radius 2 is 0.757 bits per heavy atom. The molecule has 7 atom stereocenters. The summed E-state index contributed by atoms with van der Waals surface area (Å²) in [5, 5.41) is 54.9.